The summed E-state index contributed by atoms with van der Waals surface area (Å²) in [6.07, 6.45) is 2.12. The average Bonchev–Trinajstić information content (AvgIpc) is 2.31. The zero-order valence-corrected chi connectivity index (χ0v) is 6.96. The van der Waals surface area contributed by atoms with Gasteiger partial charge in [0.15, 0.2) is 0 Å². The summed E-state index contributed by atoms with van der Waals surface area (Å²) in [6.45, 7) is 6.31. The van der Waals surface area contributed by atoms with Crippen LogP contribution in [0.15, 0.2) is 6.20 Å². The molecule has 1 N–H and O–H groups in total. The molecule has 1 atom stereocenters. The van der Waals surface area contributed by atoms with Crippen molar-refractivity contribution in [2.45, 2.75) is 26.4 Å². The molecule has 11 heavy (non-hydrogen) atoms. The Bertz CT molecular complexity index is 264. The van der Waals surface area contributed by atoms with Crippen LogP contribution < -0.4 is 5.32 Å². The molecular weight excluding hydrogens is 138 g/mol. The quantitative estimate of drug-likeness (QED) is 0.596. The molecule has 0 fully saturated rings. The van der Waals surface area contributed by atoms with E-state index in [0.29, 0.717) is 6.04 Å². The van der Waals surface area contributed by atoms with E-state index in [-0.39, 0.29) is 0 Å². The maximum atomic E-state index is 4.43. The zero-order valence-electron chi connectivity index (χ0n) is 6.96. The first-order valence-electron chi connectivity index (χ1n) is 4.04. The third kappa shape index (κ3) is 1.05. The molecule has 0 unspecified atom stereocenters. The zero-order chi connectivity index (χ0) is 7.84. The molecule has 3 nitrogen and oxygen atoms in total. The maximum absolute atomic E-state index is 4.43. The molecule has 0 spiro atoms. The van der Waals surface area contributed by atoms with Gasteiger partial charge < -0.3 is 9.88 Å². The van der Waals surface area contributed by atoms with Crippen LogP contribution in [0.4, 0.5) is 0 Å². The van der Waals surface area contributed by atoms with Crippen molar-refractivity contribution < 1.29 is 0 Å². The van der Waals surface area contributed by atoms with Gasteiger partial charge in [-0.05, 0) is 13.8 Å². The summed E-state index contributed by atoms with van der Waals surface area (Å²) in [6, 6.07) is 0.414. The number of fused-ring (bicyclic) bond motifs is 1. The molecule has 0 radical (unpaired) electrons. The van der Waals surface area contributed by atoms with E-state index in [2.05, 4.69) is 28.0 Å². The molecule has 0 amide bonds. The summed E-state index contributed by atoms with van der Waals surface area (Å²) in [5.74, 6) is 1.17. The number of hydrogen-bond acceptors (Lipinski definition) is 2. The van der Waals surface area contributed by atoms with Crippen molar-refractivity contribution in [1.29, 1.82) is 0 Å². The second kappa shape index (κ2) is 2.34. The number of aromatic nitrogens is 2. The Morgan fingerprint density at radius 2 is 2.55 bits per heavy atom. The Balaban J connectivity index is 2.43. The van der Waals surface area contributed by atoms with E-state index >= 15 is 0 Å². The van der Waals surface area contributed by atoms with Crippen molar-refractivity contribution in [1.82, 2.24) is 14.9 Å². The summed E-state index contributed by atoms with van der Waals surface area (Å²) in [4.78, 5) is 4.43. The lowest BCUT2D eigenvalue weighted by Crippen LogP contribution is -2.31. The normalized spacial score (nSPS) is 23.3. The fourth-order valence-corrected chi connectivity index (χ4v) is 1.58. The second-order valence-electron chi connectivity index (χ2n) is 3.11. The van der Waals surface area contributed by atoms with Crippen LogP contribution in [0.3, 0.4) is 0 Å². The lowest BCUT2D eigenvalue weighted by molar-refractivity contribution is 0.437. The predicted octanol–water partition coefficient (Wildman–Crippen LogP) is 0.856. The van der Waals surface area contributed by atoms with Gasteiger partial charge in [-0.1, -0.05) is 0 Å². The minimum Gasteiger partial charge on any atom is -0.332 e. The van der Waals surface area contributed by atoms with Crippen LogP contribution in [0.25, 0.3) is 0 Å². The van der Waals surface area contributed by atoms with Gasteiger partial charge in [0.25, 0.3) is 0 Å². The number of aryl methyl sites for hydroxylation is 1. The van der Waals surface area contributed by atoms with Gasteiger partial charge >= 0.3 is 0 Å². The molecule has 1 aliphatic rings. The van der Waals surface area contributed by atoms with Crippen molar-refractivity contribution >= 4 is 0 Å². The topological polar surface area (TPSA) is 29.9 Å². The minimum atomic E-state index is 0.414. The standard InChI is InChI=1S/C8H13N3/c1-6-5-11-4-3-9-7(2)8(11)10-6/h5,7,9H,3-4H2,1-2H3/t7-/m0/s1. The van der Waals surface area contributed by atoms with E-state index < -0.39 is 0 Å². The van der Waals surface area contributed by atoms with E-state index in [1.165, 1.54) is 5.82 Å². The first kappa shape index (κ1) is 6.85. The molecule has 0 aliphatic carbocycles. The highest BCUT2D eigenvalue weighted by atomic mass is 15.2. The van der Waals surface area contributed by atoms with Gasteiger partial charge in [0.1, 0.15) is 5.82 Å². The van der Waals surface area contributed by atoms with Gasteiger partial charge in [0.2, 0.25) is 0 Å². The molecule has 2 heterocycles. The summed E-state index contributed by atoms with van der Waals surface area (Å²) in [5.41, 5.74) is 1.12. The monoisotopic (exact) mass is 151 g/mol. The summed E-state index contributed by atoms with van der Waals surface area (Å²) >= 11 is 0. The summed E-state index contributed by atoms with van der Waals surface area (Å²) in [5, 5.41) is 3.37. The molecule has 1 aromatic heterocycles. The predicted molar refractivity (Wildman–Crippen MR) is 43.4 cm³/mol. The van der Waals surface area contributed by atoms with Crippen LogP contribution in [0.5, 0.6) is 0 Å². The van der Waals surface area contributed by atoms with E-state index in [0.717, 1.165) is 18.8 Å². The molecule has 1 aromatic rings. The van der Waals surface area contributed by atoms with Crippen LogP contribution in [0, 0.1) is 6.92 Å². The molecule has 0 saturated heterocycles. The van der Waals surface area contributed by atoms with Crippen molar-refractivity contribution in [2.75, 3.05) is 6.54 Å². The first-order chi connectivity index (χ1) is 5.27. The van der Waals surface area contributed by atoms with E-state index in [1.807, 2.05) is 6.92 Å². The molecule has 0 aromatic carbocycles. The largest absolute Gasteiger partial charge is 0.332 e. The summed E-state index contributed by atoms with van der Waals surface area (Å²) < 4.78 is 2.23. The number of rotatable bonds is 0. The number of imidazole rings is 1. The third-order valence-corrected chi connectivity index (χ3v) is 2.12. The molecule has 60 valence electrons. The van der Waals surface area contributed by atoms with Crippen LogP contribution >= 0.6 is 0 Å². The fourth-order valence-electron chi connectivity index (χ4n) is 1.58. The SMILES string of the molecule is Cc1cn2c(n1)[C@H](C)NCC2. The van der Waals surface area contributed by atoms with Crippen LogP contribution in [0.1, 0.15) is 24.5 Å². The lowest BCUT2D eigenvalue weighted by Gasteiger charge is -2.21. The van der Waals surface area contributed by atoms with Gasteiger partial charge in [0, 0.05) is 19.3 Å². The van der Waals surface area contributed by atoms with Gasteiger partial charge in [-0.2, -0.15) is 0 Å². The molecule has 1 aliphatic heterocycles. The highest BCUT2D eigenvalue weighted by Crippen LogP contribution is 2.15. The van der Waals surface area contributed by atoms with Crippen LogP contribution in [-0.2, 0) is 6.54 Å². The van der Waals surface area contributed by atoms with E-state index in [1.54, 1.807) is 0 Å². The fraction of sp³-hybridized carbons (Fsp3) is 0.625. The average molecular weight is 151 g/mol. The number of nitrogens with zero attached hydrogens (tertiary/aromatic N) is 2. The molecular formula is C8H13N3. The van der Waals surface area contributed by atoms with Gasteiger partial charge in [-0.3, -0.25) is 0 Å². The van der Waals surface area contributed by atoms with Gasteiger partial charge in [-0.15, -0.1) is 0 Å². The van der Waals surface area contributed by atoms with Crippen molar-refractivity contribution in [2.24, 2.45) is 0 Å². The van der Waals surface area contributed by atoms with E-state index in [9.17, 15) is 0 Å². The van der Waals surface area contributed by atoms with Crippen LogP contribution in [0.2, 0.25) is 0 Å². The Hall–Kier alpha value is -0.830. The third-order valence-electron chi connectivity index (χ3n) is 2.12. The number of nitrogens with one attached hydrogen (secondary N) is 1. The Morgan fingerprint density at radius 3 is 3.27 bits per heavy atom. The molecule has 0 bridgehead atoms. The Labute approximate surface area is 66.4 Å². The highest BCUT2D eigenvalue weighted by Gasteiger charge is 2.16. The van der Waals surface area contributed by atoms with Gasteiger partial charge in [0.05, 0.1) is 11.7 Å². The van der Waals surface area contributed by atoms with Crippen LogP contribution in [-0.4, -0.2) is 16.1 Å². The molecule has 0 saturated carbocycles. The van der Waals surface area contributed by atoms with Crippen molar-refractivity contribution in [3.05, 3.63) is 17.7 Å². The van der Waals surface area contributed by atoms with Gasteiger partial charge in [-0.25, -0.2) is 4.98 Å². The Kier molecular flexibility index (Phi) is 1.46. The maximum Gasteiger partial charge on any atom is 0.125 e. The minimum absolute atomic E-state index is 0.414. The van der Waals surface area contributed by atoms with Crippen molar-refractivity contribution in [3.8, 4) is 0 Å². The first-order valence-corrected chi connectivity index (χ1v) is 4.04. The van der Waals surface area contributed by atoms with E-state index in [4.69, 9.17) is 0 Å². The molecule has 2 rings (SSSR count). The summed E-state index contributed by atoms with van der Waals surface area (Å²) in [7, 11) is 0. The van der Waals surface area contributed by atoms with Crippen molar-refractivity contribution in [3.63, 3.8) is 0 Å². The highest BCUT2D eigenvalue weighted by molar-refractivity contribution is 5.07. The lowest BCUT2D eigenvalue weighted by atomic mass is 10.2. The Morgan fingerprint density at radius 1 is 1.73 bits per heavy atom. The number of hydrogen-bond donors (Lipinski definition) is 1. The smallest absolute Gasteiger partial charge is 0.125 e. The second-order valence-corrected chi connectivity index (χ2v) is 3.11. The molecule has 3 heteroatoms.